The number of benzene rings is 1. The van der Waals surface area contributed by atoms with Crippen LogP contribution in [0.15, 0.2) is 30.3 Å². The molecule has 1 aromatic carbocycles. The lowest BCUT2D eigenvalue weighted by atomic mass is 9.75. The van der Waals surface area contributed by atoms with E-state index in [0.29, 0.717) is 0 Å². The molecule has 0 spiro atoms. The van der Waals surface area contributed by atoms with Crippen LogP contribution in [0.25, 0.3) is 0 Å². The number of nitrogens with zero attached hydrogens (tertiary/aromatic N) is 1. The van der Waals surface area contributed by atoms with Crippen LogP contribution in [0.2, 0.25) is 0 Å². The van der Waals surface area contributed by atoms with Gasteiger partial charge in [0.05, 0.1) is 0 Å². The van der Waals surface area contributed by atoms with Gasteiger partial charge in [0.25, 0.3) is 0 Å². The normalized spacial score (nSPS) is 27.2. The van der Waals surface area contributed by atoms with Crippen LogP contribution < -0.4 is 5.32 Å². The van der Waals surface area contributed by atoms with Gasteiger partial charge in [-0.05, 0) is 36.8 Å². The largest absolute Gasteiger partial charge is 0.311 e. The number of rotatable bonds is 5. The highest BCUT2D eigenvalue weighted by atomic mass is 15.1. The van der Waals surface area contributed by atoms with Crippen LogP contribution in [0.4, 0.5) is 0 Å². The molecule has 2 aliphatic rings. The molecule has 1 N–H and O–H groups in total. The lowest BCUT2D eigenvalue weighted by molar-refractivity contribution is 0.0875. The lowest BCUT2D eigenvalue weighted by Crippen LogP contribution is -2.44. The summed E-state index contributed by atoms with van der Waals surface area (Å²) in [6.07, 6.45) is 7.40. The Morgan fingerprint density at radius 2 is 1.80 bits per heavy atom. The first-order chi connectivity index (χ1) is 9.92. The van der Waals surface area contributed by atoms with Gasteiger partial charge in [-0.1, -0.05) is 49.6 Å². The van der Waals surface area contributed by atoms with E-state index in [0.717, 1.165) is 24.9 Å². The fourth-order valence-corrected chi connectivity index (χ4v) is 3.95. The molecule has 1 aliphatic heterocycles. The van der Waals surface area contributed by atoms with Gasteiger partial charge in [0, 0.05) is 26.2 Å². The Morgan fingerprint density at radius 3 is 2.65 bits per heavy atom. The molecule has 2 fully saturated rings. The fourth-order valence-electron chi connectivity index (χ4n) is 3.95. The van der Waals surface area contributed by atoms with Crippen molar-refractivity contribution in [3.05, 3.63) is 35.9 Å². The number of hydrogen-bond donors (Lipinski definition) is 1. The van der Waals surface area contributed by atoms with Gasteiger partial charge in [0.15, 0.2) is 0 Å². The first-order valence-corrected chi connectivity index (χ1v) is 8.39. The quantitative estimate of drug-likeness (QED) is 0.828. The van der Waals surface area contributed by atoms with Crippen molar-refractivity contribution in [2.24, 2.45) is 11.8 Å². The van der Waals surface area contributed by atoms with Crippen LogP contribution in [0.1, 0.15) is 37.7 Å². The Balaban J connectivity index is 1.35. The van der Waals surface area contributed by atoms with Gasteiger partial charge in [-0.2, -0.15) is 0 Å². The maximum absolute atomic E-state index is 3.58. The molecule has 2 heteroatoms. The van der Waals surface area contributed by atoms with Crippen molar-refractivity contribution in [2.75, 3.05) is 26.2 Å². The highest BCUT2D eigenvalue weighted by molar-refractivity contribution is 5.14. The van der Waals surface area contributed by atoms with Crippen LogP contribution >= 0.6 is 0 Å². The molecule has 0 amide bonds. The molecule has 110 valence electrons. The van der Waals surface area contributed by atoms with E-state index in [1.165, 1.54) is 57.3 Å². The van der Waals surface area contributed by atoms with Crippen LogP contribution in [0, 0.1) is 11.8 Å². The van der Waals surface area contributed by atoms with Crippen LogP contribution in [-0.2, 0) is 6.54 Å². The second-order valence-corrected chi connectivity index (χ2v) is 6.56. The van der Waals surface area contributed by atoms with Crippen molar-refractivity contribution in [3.63, 3.8) is 0 Å². The Bertz CT molecular complexity index is 390. The molecule has 0 bridgehead atoms. The van der Waals surface area contributed by atoms with Gasteiger partial charge in [-0.25, -0.2) is 0 Å². The molecule has 1 aliphatic carbocycles. The minimum absolute atomic E-state index is 1.00. The third-order valence-corrected chi connectivity index (χ3v) is 5.15. The van der Waals surface area contributed by atoms with Crippen molar-refractivity contribution in [1.82, 2.24) is 10.2 Å². The topological polar surface area (TPSA) is 15.3 Å². The summed E-state index contributed by atoms with van der Waals surface area (Å²) in [5.74, 6) is 2.06. The minimum Gasteiger partial charge on any atom is -0.311 e. The molecular formula is C18H28N2. The van der Waals surface area contributed by atoms with E-state index in [2.05, 4.69) is 40.5 Å². The number of piperidine rings is 1. The molecule has 2 atom stereocenters. The maximum Gasteiger partial charge on any atom is 0.0206 e. The molecule has 0 aromatic heterocycles. The molecule has 3 rings (SSSR count). The standard InChI is InChI=1S/C18H28N2/c1-2-6-16(7-3-1)14-19-11-13-20-12-10-17-8-4-5-9-18(17)15-20/h1-3,6-7,17-19H,4-5,8-15H2. The van der Waals surface area contributed by atoms with Gasteiger partial charge in [-0.15, -0.1) is 0 Å². The zero-order valence-electron chi connectivity index (χ0n) is 12.6. The number of fused-ring (bicyclic) bond motifs is 1. The molecule has 20 heavy (non-hydrogen) atoms. The van der Waals surface area contributed by atoms with E-state index in [1.54, 1.807) is 0 Å². The van der Waals surface area contributed by atoms with Crippen molar-refractivity contribution >= 4 is 0 Å². The number of hydrogen-bond acceptors (Lipinski definition) is 2. The lowest BCUT2D eigenvalue weighted by Gasteiger charge is -2.41. The summed E-state index contributed by atoms with van der Waals surface area (Å²) in [5.41, 5.74) is 1.39. The monoisotopic (exact) mass is 272 g/mol. The highest BCUT2D eigenvalue weighted by Crippen LogP contribution is 2.35. The van der Waals surface area contributed by atoms with E-state index >= 15 is 0 Å². The predicted octanol–water partition coefficient (Wildman–Crippen LogP) is 3.29. The molecule has 1 aromatic rings. The molecule has 0 radical (unpaired) electrons. The second-order valence-electron chi connectivity index (χ2n) is 6.56. The summed E-state index contributed by atoms with van der Waals surface area (Å²) < 4.78 is 0. The Morgan fingerprint density at radius 1 is 1.00 bits per heavy atom. The van der Waals surface area contributed by atoms with E-state index in [1.807, 2.05) is 0 Å². The zero-order valence-corrected chi connectivity index (χ0v) is 12.6. The summed E-state index contributed by atoms with van der Waals surface area (Å²) in [6.45, 7) is 6.02. The Labute approximate surface area is 123 Å². The van der Waals surface area contributed by atoms with Crippen molar-refractivity contribution in [3.8, 4) is 0 Å². The molecule has 2 unspecified atom stereocenters. The third kappa shape index (κ3) is 3.83. The van der Waals surface area contributed by atoms with Gasteiger partial charge < -0.3 is 10.2 Å². The summed E-state index contributed by atoms with van der Waals surface area (Å²) in [5, 5.41) is 3.58. The Kier molecular flexibility index (Phi) is 5.10. The van der Waals surface area contributed by atoms with Gasteiger partial charge in [-0.3, -0.25) is 0 Å². The first kappa shape index (κ1) is 14.1. The van der Waals surface area contributed by atoms with E-state index in [-0.39, 0.29) is 0 Å². The van der Waals surface area contributed by atoms with Crippen molar-refractivity contribution in [2.45, 2.75) is 38.6 Å². The second kappa shape index (κ2) is 7.24. The van der Waals surface area contributed by atoms with E-state index in [4.69, 9.17) is 0 Å². The summed E-state index contributed by atoms with van der Waals surface area (Å²) in [6, 6.07) is 10.7. The third-order valence-electron chi connectivity index (χ3n) is 5.15. The first-order valence-electron chi connectivity index (χ1n) is 8.39. The maximum atomic E-state index is 3.58. The van der Waals surface area contributed by atoms with Crippen molar-refractivity contribution < 1.29 is 0 Å². The minimum atomic E-state index is 1.00. The molecule has 1 saturated carbocycles. The fraction of sp³-hybridized carbons (Fsp3) is 0.667. The smallest absolute Gasteiger partial charge is 0.0206 e. The average Bonchev–Trinajstić information content (AvgIpc) is 2.52. The summed E-state index contributed by atoms with van der Waals surface area (Å²) >= 11 is 0. The average molecular weight is 272 g/mol. The Hall–Kier alpha value is -0.860. The summed E-state index contributed by atoms with van der Waals surface area (Å²) in [4.78, 5) is 2.68. The number of nitrogens with one attached hydrogen (secondary N) is 1. The van der Waals surface area contributed by atoms with Crippen LogP contribution in [-0.4, -0.2) is 31.1 Å². The zero-order chi connectivity index (χ0) is 13.6. The van der Waals surface area contributed by atoms with Gasteiger partial charge in [0.1, 0.15) is 0 Å². The van der Waals surface area contributed by atoms with Crippen molar-refractivity contribution in [1.29, 1.82) is 0 Å². The van der Waals surface area contributed by atoms with E-state index < -0.39 is 0 Å². The molecule has 1 saturated heterocycles. The predicted molar refractivity (Wildman–Crippen MR) is 84.7 cm³/mol. The van der Waals surface area contributed by atoms with Gasteiger partial charge in [0.2, 0.25) is 0 Å². The van der Waals surface area contributed by atoms with Gasteiger partial charge >= 0.3 is 0 Å². The van der Waals surface area contributed by atoms with E-state index in [9.17, 15) is 0 Å². The number of likely N-dealkylation sites (tertiary alicyclic amines) is 1. The molecule has 2 nitrogen and oxygen atoms in total. The van der Waals surface area contributed by atoms with Crippen LogP contribution in [0.5, 0.6) is 0 Å². The molecule has 1 heterocycles. The SMILES string of the molecule is c1ccc(CNCCN2CCC3CCCCC3C2)cc1. The van der Waals surface area contributed by atoms with Crippen LogP contribution in [0.3, 0.4) is 0 Å². The highest BCUT2D eigenvalue weighted by Gasteiger charge is 2.30. The summed E-state index contributed by atoms with van der Waals surface area (Å²) in [7, 11) is 0. The molecular weight excluding hydrogens is 244 g/mol.